The van der Waals surface area contributed by atoms with Gasteiger partial charge in [0.1, 0.15) is 0 Å². The lowest BCUT2D eigenvalue weighted by Crippen LogP contribution is -2.25. The quantitative estimate of drug-likeness (QED) is 0.340. The zero-order valence-electron chi connectivity index (χ0n) is 15.8. The van der Waals surface area contributed by atoms with Gasteiger partial charge in [-0.1, -0.05) is 39.1 Å². The number of carbonyl (C=O) groups is 1. The van der Waals surface area contributed by atoms with Gasteiger partial charge in [-0.3, -0.25) is 4.79 Å². The van der Waals surface area contributed by atoms with Crippen molar-refractivity contribution in [3.63, 3.8) is 0 Å². The van der Waals surface area contributed by atoms with E-state index >= 15 is 0 Å². The first-order chi connectivity index (χ1) is 13.8. The van der Waals surface area contributed by atoms with Gasteiger partial charge in [0.15, 0.2) is 0 Å². The predicted molar refractivity (Wildman–Crippen MR) is 124 cm³/mol. The topological polar surface area (TPSA) is 58.4 Å². The summed E-state index contributed by atoms with van der Waals surface area (Å²) in [4.78, 5) is 12.0. The van der Waals surface area contributed by atoms with Crippen molar-refractivity contribution in [1.29, 1.82) is 0 Å². The third-order valence-corrected chi connectivity index (χ3v) is 5.39. The lowest BCUT2D eigenvalue weighted by molar-refractivity contribution is -0.119. The molecule has 0 aliphatic carbocycles. The van der Waals surface area contributed by atoms with E-state index < -0.39 is 0 Å². The standard InChI is InChI=1S/C21H19BrCl2N4O/c1-13-9-15(14(2)28(13)20-10-17(23)5-8-19(20)24)11-26-27-21(29)12-25-18-6-3-16(22)4-7-18/h3-11,25H,12H2,1-2H3,(H,27,29)/b26-11+. The van der Waals surface area contributed by atoms with E-state index in [4.69, 9.17) is 23.2 Å². The summed E-state index contributed by atoms with van der Waals surface area (Å²) in [5, 5.41) is 8.32. The molecule has 0 aliphatic rings. The van der Waals surface area contributed by atoms with Crippen LogP contribution in [0.25, 0.3) is 5.69 Å². The molecule has 1 aromatic heterocycles. The van der Waals surface area contributed by atoms with Crippen LogP contribution in [0.2, 0.25) is 10.0 Å². The molecule has 0 unspecified atom stereocenters. The number of hydrazone groups is 1. The highest BCUT2D eigenvalue weighted by atomic mass is 79.9. The first kappa shape index (κ1) is 21.4. The second-order valence-electron chi connectivity index (χ2n) is 6.41. The number of aryl methyl sites for hydroxylation is 1. The number of rotatable bonds is 6. The summed E-state index contributed by atoms with van der Waals surface area (Å²) in [6.45, 7) is 4.06. The summed E-state index contributed by atoms with van der Waals surface area (Å²) >= 11 is 15.8. The molecule has 3 rings (SSSR count). The molecule has 150 valence electrons. The van der Waals surface area contributed by atoms with Crippen LogP contribution in [-0.2, 0) is 4.79 Å². The fourth-order valence-electron chi connectivity index (χ4n) is 2.91. The average Bonchev–Trinajstić information content (AvgIpc) is 2.97. The molecule has 3 aromatic rings. The zero-order valence-corrected chi connectivity index (χ0v) is 18.9. The highest BCUT2D eigenvalue weighted by Crippen LogP contribution is 2.28. The molecule has 0 atom stereocenters. The highest BCUT2D eigenvalue weighted by molar-refractivity contribution is 9.10. The van der Waals surface area contributed by atoms with Crippen molar-refractivity contribution in [2.75, 3.05) is 11.9 Å². The summed E-state index contributed by atoms with van der Waals surface area (Å²) < 4.78 is 2.99. The Bertz CT molecular complexity index is 1060. The Morgan fingerprint density at radius 1 is 1.14 bits per heavy atom. The number of benzene rings is 2. The summed E-state index contributed by atoms with van der Waals surface area (Å²) in [6, 6.07) is 14.9. The molecular weight excluding hydrogens is 475 g/mol. The minimum absolute atomic E-state index is 0.121. The maximum Gasteiger partial charge on any atom is 0.259 e. The largest absolute Gasteiger partial charge is 0.376 e. The van der Waals surface area contributed by atoms with E-state index in [1.165, 1.54) is 0 Å². The molecule has 1 heterocycles. The van der Waals surface area contributed by atoms with Crippen LogP contribution in [0, 0.1) is 13.8 Å². The number of carbonyl (C=O) groups excluding carboxylic acids is 1. The van der Waals surface area contributed by atoms with Gasteiger partial charge in [0.25, 0.3) is 5.91 Å². The molecule has 5 nitrogen and oxygen atoms in total. The van der Waals surface area contributed by atoms with E-state index in [-0.39, 0.29) is 12.5 Å². The number of nitrogens with one attached hydrogen (secondary N) is 2. The maximum absolute atomic E-state index is 12.0. The molecular formula is C21H19BrCl2N4O. The van der Waals surface area contributed by atoms with Crippen LogP contribution in [0.5, 0.6) is 0 Å². The molecule has 0 saturated heterocycles. The Hall–Kier alpha value is -2.28. The van der Waals surface area contributed by atoms with Crippen molar-refractivity contribution in [3.8, 4) is 5.69 Å². The Morgan fingerprint density at radius 3 is 2.59 bits per heavy atom. The minimum atomic E-state index is -0.240. The van der Waals surface area contributed by atoms with Crippen molar-refractivity contribution < 1.29 is 4.79 Å². The molecule has 0 spiro atoms. The summed E-state index contributed by atoms with van der Waals surface area (Å²) in [5.74, 6) is -0.240. The van der Waals surface area contributed by atoms with Crippen LogP contribution in [0.4, 0.5) is 5.69 Å². The predicted octanol–water partition coefficient (Wildman–Crippen LogP) is 5.73. The second kappa shape index (κ2) is 9.48. The normalized spacial score (nSPS) is 11.1. The van der Waals surface area contributed by atoms with Gasteiger partial charge >= 0.3 is 0 Å². The Kier molecular flexibility index (Phi) is 7.00. The molecule has 29 heavy (non-hydrogen) atoms. The molecule has 0 radical (unpaired) electrons. The number of aromatic nitrogens is 1. The van der Waals surface area contributed by atoms with Gasteiger partial charge in [-0.25, -0.2) is 5.43 Å². The van der Waals surface area contributed by atoms with Crippen LogP contribution in [0.3, 0.4) is 0 Å². The van der Waals surface area contributed by atoms with Crippen molar-refractivity contribution in [2.24, 2.45) is 5.10 Å². The first-order valence-electron chi connectivity index (χ1n) is 8.81. The summed E-state index contributed by atoms with van der Waals surface area (Å²) in [5.41, 5.74) is 6.99. The van der Waals surface area contributed by atoms with Crippen LogP contribution in [0.15, 0.2) is 58.1 Å². The molecule has 2 aromatic carbocycles. The van der Waals surface area contributed by atoms with Crippen LogP contribution < -0.4 is 10.7 Å². The van der Waals surface area contributed by atoms with Crippen LogP contribution >= 0.6 is 39.1 Å². The van der Waals surface area contributed by atoms with Gasteiger partial charge in [-0.2, -0.15) is 5.10 Å². The third-order valence-electron chi connectivity index (χ3n) is 4.31. The SMILES string of the molecule is Cc1cc(/C=N/NC(=O)CNc2ccc(Br)cc2)c(C)n1-c1cc(Cl)ccc1Cl. The molecule has 0 bridgehead atoms. The number of anilines is 1. The fourth-order valence-corrected chi connectivity index (χ4v) is 3.54. The van der Waals surface area contributed by atoms with Crippen molar-refractivity contribution in [2.45, 2.75) is 13.8 Å². The number of nitrogens with zero attached hydrogens (tertiary/aromatic N) is 2. The number of halogens is 3. The van der Waals surface area contributed by atoms with Crippen LogP contribution in [0.1, 0.15) is 17.0 Å². The summed E-state index contributed by atoms with van der Waals surface area (Å²) in [7, 11) is 0. The Balaban J connectivity index is 1.66. The number of hydrogen-bond acceptors (Lipinski definition) is 3. The molecule has 2 N–H and O–H groups in total. The van der Waals surface area contributed by atoms with E-state index in [1.807, 2.05) is 54.8 Å². The number of amides is 1. The van der Waals surface area contributed by atoms with E-state index in [0.717, 1.165) is 32.8 Å². The molecule has 0 fully saturated rings. The van der Waals surface area contributed by atoms with Crippen molar-refractivity contribution in [1.82, 2.24) is 9.99 Å². The molecule has 8 heteroatoms. The molecule has 1 amide bonds. The van der Waals surface area contributed by atoms with Crippen LogP contribution in [-0.4, -0.2) is 23.2 Å². The lowest BCUT2D eigenvalue weighted by Gasteiger charge is -2.12. The van der Waals surface area contributed by atoms with Crippen molar-refractivity contribution in [3.05, 3.63) is 80.0 Å². The minimum Gasteiger partial charge on any atom is -0.376 e. The van der Waals surface area contributed by atoms with Gasteiger partial charge in [-0.05, 0) is 62.4 Å². The Labute approximate surface area is 187 Å². The maximum atomic E-state index is 12.0. The average molecular weight is 494 g/mol. The monoisotopic (exact) mass is 492 g/mol. The van der Waals surface area contributed by atoms with E-state index in [9.17, 15) is 4.79 Å². The number of hydrogen-bond donors (Lipinski definition) is 2. The fraction of sp³-hybridized carbons (Fsp3) is 0.143. The second-order valence-corrected chi connectivity index (χ2v) is 8.17. The Morgan fingerprint density at radius 2 is 1.86 bits per heavy atom. The van der Waals surface area contributed by atoms with E-state index in [2.05, 4.69) is 31.8 Å². The van der Waals surface area contributed by atoms with E-state index in [0.29, 0.717) is 10.0 Å². The summed E-state index contributed by atoms with van der Waals surface area (Å²) in [6.07, 6.45) is 1.62. The van der Waals surface area contributed by atoms with Gasteiger partial charge in [-0.15, -0.1) is 0 Å². The lowest BCUT2D eigenvalue weighted by atomic mass is 10.2. The van der Waals surface area contributed by atoms with E-state index in [1.54, 1.807) is 18.3 Å². The molecule has 0 saturated carbocycles. The van der Waals surface area contributed by atoms with Crippen molar-refractivity contribution >= 4 is 56.9 Å². The third kappa shape index (κ3) is 5.41. The zero-order chi connectivity index (χ0) is 21.0. The van der Waals surface area contributed by atoms with Gasteiger partial charge in [0.2, 0.25) is 0 Å². The van der Waals surface area contributed by atoms with Gasteiger partial charge in [0, 0.05) is 32.1 Å². The van der Waals surface area contributed by atoms with Gasteiger partial charge < -0.3 is 9.88 Å². The first-order valence-corrected chi connectivity index (χ1v) is 10.4. The smallest absolute Gasteiger partial charge is 0.259 e. The highest BCUT2D eigenvalue weighted by Gasteiger charge is 2.12. The molecule has 0 aliphatic heterocycles. The van der Waals surface area contributed by atoms with Gasteiger partial charge in [0.05, 0.1) is 23.5 Å².